The third-order valence-electron chi connectivity index (χ3n) is 3.90. The summed E-state index contributed by atoms with van der Waals surface area (Å²) in [4.78, 5) is 0. The summed E-state index contributed by atoms with van der Waals surface area (Å²) in [5.41, 5.74) is -3.44. The predicted octanol–water partition coefficient (Wildman–Crippen LogP) is 5.78. The highest BCUT2D eigenvalue weighted by molar-refractivity contribution is 5.53. The fourth-order valence-corrected chi connectivity index (χ4v) is 2.02. The molecule has 0 bridgehead atoms. The van der Waals surface area contributed by atoms with Gasteiger partial charge in [0.25, 0.3) is 0 Å². The number of rotatable bonds is 6. The smallest absolute Gasteiger partial charge is 0.367 e. The first-order chi connectivity index (χ1) is 10.8. The summed E-state index contributed by atoms with van der Waals surface area (Å²) in [6.07, 6.45) is -8.34. The molecule has 0 aromatic heterocycles. The number of anilines is 1. The molecule has 0 atom stereocenters. The van der Waals surface area contributed by atoms with Gasteiger partial charge in [0.2, 0.25) is 0 Å². The fourth-order valence-electron chi connectivity index (χ4n) is 2.02. The summed E-state index contributed by atoms with van der Waals surface area (Å²) in [5, 5.41) is 5.48. The van der Waals surface area contributed by atoms with Crippen LogP contribution in [0.1, 0.15) is 44.7 Å². The van der Waals surface area contributed by atoms with Gasteiger partial charge in [-0.05, 0) is 38.0 Å². The average molecular weight is 354 g/mol. The van der Waals surface area contributed by atoms with Crippen molar-refractivity contribution in [3.05, 3.63) is 41.7 Å². The van der Waals surface area contributed by atoms with Crippen molar-refractivity contribution in [3.63, 3.8) is 0 Å². The van der Waals surface area contributed by atoms with Crippen LogP contribution in [0.15, 0.2) is 30.6 Å². The molecule has 0 saturated heterocycles. The Bertz CT molecular complexity index is 553. The molecule has 1 aromatic rings. The van der Waals surface area contributed by atoms with Gasteiger partial charge < -0.3 is 10.6 Å². The highest BCUT2D eigenvalue weighted by Crippen LogP contribution is 2.37. The number of hydrogen-bond acceptors (Lipinski definition) is 2. The quantitative estimate of drug-likeness (QED) is 0.633. The van der Waals surface area contributed by atoms with Crippen LogP contribution in [0.5, 0.6) is 0 Å². The van der Waals surface area contributed by atoms with E-state index in [0.29, 0.717) is 25.0 Å². The van der Waals surface area contributed by atoms with E-state index in [9.17, 15) is 26.3 Å². The number of benzene rings is 1. The van der Waals surface area contributed by atoms with Crippen molar-refractivity contribution in [1.29, 1.82) is 0 Å². The standard InChI is InChI=1S/C16H20F6N2/c1-5-14(4,6-2)24-10(3)23-13-8-11(15(17,18)19)7-12(9-13)16(20,21)22/h7-9,23-24H,3,5-6H2,1-2,4H3. The zero-order valence-corrected chi connectivity index (χ0v) is 13.6. The summed E-state index contributed by atoms with van der Waals surface area (Å²) in [6.45, 7) is 9.34. The Hall–Kier alpha value is -1.86. The molecule has 0 radical (unpaired) electrons. The minimum Gasteiger partial charge on any atom is -0.367 e. The van der Waals surface area contributed by atoms with Crippen LogP contribution in [-0.2, 0) is 12.4 Å². The molecular weight excluding hydrogens is 334 g/mol. The van der Waals surface area contributed by atoms with Crippen molar-refractivity contribution in [3.8, 4) is 0 Å². The van der Waals surface area contributed by atoms with E-state index in [1.807, 2.05) is 20.8 Å². The number of halogens is 6. The molecule has 8 heteroatoms. The van der Waals surface area contributed by atoms with E-state index in [2.05, 4.69) is 17.2 Å². The molecule has 0 aliphatic heterocycles. The van der Waals surface area contributed by atoms with Gasteiger partial charge >= 0.3 is 12.4 Å². The lowest BCUT2D eigenvalue weighted by molar-refractivity contribution is -0.143. The summed E-state index contributed by atoms with van der Waals surface area (Å²) >= 11 is 0. The molecule has 2 N–H and O–H groups in total. The topological polar surface area (TPSA) is 24.1 Å². The molecule has 24 heavy (non-hydrogen) atoms. The largest absolute Gasteiger partial charge is 0.416 e. The van der Waals surface area contributed by atoms with Gasteiger partial charge in [0.1, 0.15) is 0 Å². The molecule has 0 amide bonds. The van der Waals surface area contributed by atoms with Gasteiger partial charge in [0, 0.05) is 11.2 Å². The van der Waals surface area contributed by atoms with Crippen LogP contribution in [0.4, 0.5) is 32.0 Å². The molecule has 0 aliphatic rings. The van der Waals surface area contributed by atoms with E-state index in [1.54, 1.807) is 0 Å². The van der Waals surface area contributed by atoms with E-state index >= 15 is 0 Å². The third kappa shape index (κ3) is 5.35. The van der Waals surface area contributed by atoms with Crippen molar-refractivity contribution in [1.82, 2.24) is 5.32 Å². The minimum absolute atomic E-state index is 0.0869. The summed E-state index contributed by atoms with van der Waals surface area (Å²) in [7, 11) is 0. The Morgan fingerprint density at radius 2 is 1.33 bits per heavy atom. The molecule has 0 aliphatic carbocycles. The van der Waals surface area contributed by atoms with Gasteiger partial charge in [-0.3, -0.25) is 0 Å². The van der Waals surface area contributed by atoms with Crippen molar-refractivity contribution in [2.24, 2.45) is 0 Å². The van der Waals surface area contributed by atoms with Crippen LogP contribution in [0.25, 0.3) is 0 Å². The van der Waals surface area contributed by atoms with Gasteiger partial charge in [-0.15, -0.1) is 0 Å². The Kier molecular flexibility index (Phi) is 5.84. The van der Waals surface area contributed by atoms with E-state index in [1.165, 1.54) is 0 Å². The van der Waals surface area contributed by atoms with E-state index in [-0.39, 0.29) is 23.1 Å². The predicted molar refractivity (Wildman–Crippen MR) is 81.3 cm³/mol. The van der Waals surface area contributed by atoms with Crippen LogP contribution in [0, 0.1) is 0 Å². The first kappa shape index (κ1) is 20.2. The van der Waals surface area contributed by atoms with Gasteiger partial charge in [-0.25, -0.2) is 0 Å². The highest BCUT2D eigenvalue weighted by atomic mass is 19.4. The normalized spacial score (nSPS) is 12.9. The SMILES string of the molecule is C=C(Nc1cc(C(F)(F)F)cc(C(F)(F)F)c1)NC(C)(CC)CC. The van der Waals surface area contributed by atoms with Crippen molar-refractivity contribution < 1.29 is 26.3 Å². The van der Waals surface area contributed by atoms with Crippen LogP contribution >= 0.6 is 0 Å². The second-order valence-corrected chi connectivity index (χ2v) is 5.79. The minimum atomic E-state index is -4.88. The lowest BCUT2D eigenvalue weighted by atomic mass is 9.96. The fraction of sp³-hybridized carbons (Fsp3) is 0.500. The molecule has 2 nitrogen and oxygen atoms in total. The first-order valence-electron chi connectivity index (χ1n) is 7.34. The lowest BCUT2D eigenvalue weighted by Crippen LogP contribution is -2.41. The summed E-state index contributed by atoms with van der Waals surface area (Å²) in [6, 6.07) is 1.33. The molecule has 1 aromatic carbocycles. The molecule has 1 rings (SSSR count). The van der Waals surface area contributed by atoms with Crippen LogP contribution in [0.3, 0.4) is 0 Å². The number of nitrogens with one attached hydrogen (secondary N) is 2. The van der Waals surface area contributed by atoms with E-state index < -0.39 is 23.5 Å². The van der Waals surface area contributed by atoms with E-state index in [0.717, 1.165) is 0 Å². The van der Waals surface area contributed by atoms with Gasteiger partial charge in [0.15, 0.2) is 0 Å². The van der Waals surface area contributed by atoms with Gasteiger partial charge in [0.05, 0.1) is 16.9 Å². The Morgan fingerprint density at radius 3 is 1.67 bits per heavy atom. The van der Waals surface area contributed by atoms with Gasteiger partial charge in [-0.2, -0.15) is 26.3 Å². The highest BCUT2D eigenvalue weighted by Gasteiger charge is 2.37. The maximum atomic E-state index is 12.8. The Morgan fingerprint density at radius 1 is 0.917 bits per heavy atom. The molecule has 0 spiro atoms. The van der Waals surface area contributed by atoms with E-state index in [4.69, 9.17) is 0 Å². The van der Waals surface area contributed by atoms with Crippen LogP contribution in [-0.4, -0.2) is 5.54 Å². The van der Waals surface area contributed by atoms with Crippen molar-refractivity contribution in [2.75, 3.05) is 5.32 Å². The van der Waals surface area contributed by atoms with Crippen molar-refractivity contribution >= 4 is 5.69 Å². The maximum Gasteiger partial charge on any atom is 0.416 e. The second-order valence-electron chi connectivity index (χ2n) is 5.79. The van der Waals surface area contributed by atoms with Crippen molar-refractivity contribution in [2.45, 2.75) is 51.5 Å². The lowest BCUT2D eigenvalue weighted by Gasteiger charge is -2.31. The van der Waals surface area contributed by atoms with Crippen LogP contribution in [0.2, 0.25) is 0 Å². The van der Waals surface area contributed by atoms with Crippen LogP contribution < -0.4 is 10.6 Å². The molecule has 136 valence electrons. The Labute approximate surface area is 136 Å². The third-order valence-corrected chi connectivity index (χ3v) is 3.90. The first-order valence-corrected chi connectivity index (χ1v) is 7.34. The summed E-state index contributed by atoms with van der Waals surface area (Å²) < 4.78 is 76.9. The van der Waals surface area contributed by atoms with Gasteiger partial charge in [-0.1, -0.05) is 20.4 Å². The average Bonchev–Trinajstić information content (AvgIpc) is 2.44. The zero-order valence-electron chi connectivity index (χ0n) is 13.6. The molecule has 0 saturated carbocycles. The zero-order chi connectivity index (χ0) is 18.8. The monoisotopic (exact) mass is 354 g/mol. The molecule has 0 fully saturated rings. The maximum absolute atomic E-state index is 12.8. The number of alkyl halides is 6. The molecule has 0 unspecified atom stereocenters. The molecule has 0 heterocycles. The second kappa shape index (κ2) is 6.94. The summed E-state index contributed by atoms with van der Waals surface area (Å²) in [5.74, 6) is 0.133. The molecular formula is C16H20F6N2. The Balaban J connectivity index is 3.13. The number of hydrogen-bond donors (Lipinski definition) is 2.